The number of thiophene rings is 1. The van der Waals surface area contributed by atoms with E-state index in [1.54, 1.807) is 24.3 Å². The Kier molecular flexibility index (Phi) is 6.75. The lowest BCUT2D eigenvalue weighted by Crippen LogP contribution is -2.39. The highest BCUT2D eigenvalue weighted by Crippen LogP contribution is 2.34. The van der Waals surface area contributed by atoms with Gasteiger partial charge in [-0.1, -0.05) is 12.1 Å². The molecule has 2 heterocycles. The highest BCUT2D eigenvalue weighted by atomic mass is 32.1. The predicted octanol–water partition coefficient (Wildman–Crippen LogP) is 1.95. The van der Waals surface area contributed by atoms with Gasteiger partial charge in [0.2, 0.25) is 6.10 Å². The van der Waals surface area contributed by atoms with E-state index in [2.05, 4.69) is 10.1 Å². The summed E-state index contributed by atoms with van der Waals surface area (Å²) in [7, 11) is 2.38. The van der Waals surface area contributed by atoms with Crippen LogP contribution in [0, 0.1) is 6.92 Å². The molecular weight excluding hydrogens is 430 g/mol. The minimum absolute atomic E-state index is 0.0215. The van der Waals surface area contributed by atoms with Crippen LogP contribution in [-0.2, 0) is 23.8 Å². The monoisotopic (exact) mass is 449 g/mol. The number of nitrogens with one attached hydrogen (secondary N) is 1. The SMILES string of the molecule is COC(=O)c1sc(NC(=O)COC(=O)C2COc3ccccc3O2)c(C(=O)OC)c1C. The van der Waals surface area contributed by atoms with Crippen LogP contribution in [0.2, 0.25) is 0 Å². The number of hydrogen-bond donors (Lipinski definition) is 1. The second-order valence-electron chi connectivity index (χ2n) is 6.26. The van der Waals surface area contributed by atoms with Crippen molar-refractivity contribution in [2.75, 3.05) is 32.8 Å². The summed E-state index contributed by atoms with van der Waals surface area (Å²) in [5.74, 6) is -1.98. The molecule has 0 saturated heterocycles. The minimum atomic E-state index is -1.02. The van der Waals surface area contributed by atoms with Crippen LogP contribution < -0.4 is 14.8 Å². The molecule has 1 aliphatic heterocycles. The lowest BCUT2D eigenvalue weighted by Gasteiger charge is -2.24. The smallest absolute Gasteiger partial charge is 0.351 e. The maximum absolute atomic E-state index is 12.3. The van der Waals surface area contributed by atoms with Gasteiger partial charge in [0.1, 0.15) is 16.5 Å². The molecular formula is C20H19NO9S. The number of hydrogen-bond acceptors (Lipinski definition) is 10. The second kappa shape index (κ2) is 9.47. The molecule has 1 unspecified atom stereocenters. The fraction of sp³-hybridized carbons (Fsp3) is 0.300. The van der Waals surface area contributed by atoms with Gasteiger partial charge in [-0.15, -0.1) is 11.3 Å². The number of benzene rings is 1. The average Bonchev–Trinajstić information content (AvgIpc) is 3.11. The summed E-state index contributed by atoms with van der Waals surface area (Å²) in [4.78, 5) is 48.7. The lowest BCUT2D eigenvalue weighted by atomic mass is 10.1. The summed E-state index contributed by atoms with van der Waals surface area (Å²) in [6.45, 7) is 0.838. The number of ether oxygens (including phenoxy) is 5. The first-order valence-corrected chi connectivity index (χ1v) is 9.82. The predicted molar refractivity (Wildman–Crippen MR) is 108 cm³/mol. The largest absolute Gasteiger partial charge is 0.485 e. The number of fused-ring (bicyclic) bond motifs is 1. The van der Waals surface area contributed by atoms with Crippen molar-refractivity contribution in [2.24, 2.45) is 0 Å². The molecule has 0 aliphatic carbocycles. The normalized spacial score (nSPS) is 14.4. The van der Waals surface area contributed by atoms with E-state index < -0.39 is 36.5 Å². The van der Waals surface area contributed by atoms with Gasteiger partial charge < -0.3 is 29.0 Å². The molecule has 2 aromatic rings. The van der Waals surface area contributed by atoms with E-state index in [9.17, 15) is 19.2 Å². The summed E-state index contributed by atoms with van der Waals surface area (Å²) in [6.07, 6.45) is -1.02. The number of carbonyl (C=O) groups excluding carboxylic acids is 4. The van der Waals surface area contributed by atoms with Crippen LogP contribution in [0.25, 0.3) is 0 Å². The maximum atomic E-state index is 12.3. The van der Waals surface area contributed by atoms with Gasteiger partial charge in [0, 0.05) is 0 Å². The molecule has 1 amide bonds. The number of methoxy groups -OCH3 is 2. The quantitative estimate of drug-likeness (QED) is 0.520. The van der Waals surface area contributed by atoms with Crippen molar-refractivity contribution in [3.05, 3.63) is 40.3 Å². The van der Waals surface area contributed by atoms with E-state index in [0.717, 1.165) is 11.3 Å². The van der Waals surface area contributed by atoms with Gasteiger partial charge in [0.15, 0.2) is 18.1 Å². The lowest BCUT2D eigenvalue weighted by molar-refractivity contribution is -0.156. The second-order valence-corrected chi connectivity index (χ2v) is 7.28. The van der Waals surface area contributed by atoms with Crippen molar-refractivity contribution in [3.8, 4) is 11.5 Å². The van der Waals surface area contributed by atoms with E-state index in [-0.39, 0.29) is 22.0 Å². The summed E-state index contributed by atoms with van der Waals surface area (Å²) in [5.41, 5.74) is 0.329. The van der Waals surface area contributed by atoms with E-state index in [1.165, 1.54) is 21.1 Å². The Morgan fingerprint density at radius 1 is 1.10 bits per heavy atom. The van der Waals surface area contributed by atoms with E-state index in [0.29, 0.717) is 17.1 Å². The van der Waals surface area contributed by atoms with Gasteiger partial charge in [-0.25, -0.2) is 14.4 Å². The van der Waals surface area contributed by atoms with Gasteiger partial charge in [0.05, 0.1) is 19.8 Å². The van der Waals surface area contributed by atoms with Crippen LogP contribution >= 0.6 is 11.3 Å². The van der Waals surface area contributed by atoms with Gasteiger partial charge in [-0.05, 0) is 24.6 Å². The van der Waals surface area contributed by atoms with Crippen LogP contribution in [0.1, 0.15) is 25.6 Å². The van der Waals surface area contributed by atoms with E-state index >= 15 is 0 Å². The molecule has 0 bridgehead atoms. The molecule has 3 rings (SSSR count). The number of anilines is 1. The average molecular weight is 449 g/mol. The van der Waals surface area contributed by atoms with Crippen LogP contribution in [0.3, 0.4) is 0 Å². The standard InChI is InChI=1S/C20H19NO9S/c1-10-15(19(24)26-2)17(31-16(10)20(25)27-3)21-14(22)9-29-18(23)13-8-28-11-6-4-5-7-12(11)30-13/h4-7,13H,8-9H2,1-3H3,(H,21,22). The van der Waals surface area contributed by atoms with Gasteiger partial charge in [0.25, 0.3) is 5.91 Å². The molecule has 0 saturated carbocycles. The first-order valence-electron chi connectivity index (χ1n) is 9.00. The Labute approximate surface area is 181 Å². The molecule has 1 N–H and O–H groups in total. The topological polar surface area (TPSA) is 126 Å². The third kappa shape index (κ3) is 4.77. The van der Waals surface area contributed by atoms with Crippen LogP contribution in [0.5, 0.6) is 11.5 Å². The van der Waals surface area contributed by atoms with Crippen molar-refractivity contribution < 1.29 is 42.9 Å². The van der Waals surface area contributed by atoms with Crippen LogP contribution in [-0.4, -0.2) is 57.4 Å². The third-order valence-corrected chi connectivity index (χ3v) is 5.46. The van der Waals surface area contributed by atoms with E-state index in [4.69, 9.17) is 18.9 Å². The molecule has 1 aliphatic rings. The summed E-state index contributed by atoms with van der Waals surface area (Å²) < 4.78 is 25.4. The van der Waals surface area contributed by atoms with Crippen LogP contribution in [0.15, 0.2) is 24.3 Å². The Balaban J connectivity index is 1.64. The van der Waals surface area contributed by atoms with Crippen LogP contribution in [0.4, 0.5) is 5.00 Å². The molecule has 164 valence electrons. The molecule has 1 atom stereocenters. The van der Waals surface area contributed by atoms with Crippen molar-refractivity contribution in [2.45, 2.75) is 13.0 Å². The zero-order chi connectivity index (χ0) is 22.5. The Bertz CT molecular complexity index is 1030. The van der Waals surface area contributed by atoms with Crippen molar-refractivity contribution >= 4 is 40.2 Å². The summed E-state index contributed by atoms with van der Waals surface area (Å²) >= 11 is 0.853. The van der Waals surface area contributed by atoms with Crippen molar-refractivity contribution in [1.82, 2.24) is 0 Å². The maximum Gasteiger partial charge on any atom is 0.351 e. The highest BCUT2D eigenvalue weighted by molar-refractivity contribution is 7.18. The molecule has 11 heteroatoms. The van der Waals surface area contributed by atoms with Gasteiger partial charge in [-0.2, -0.15) is 0 Å². The first-order chi connectivity index (χ1) is 14.8. The minimum Gasteiger partial charge on any atom is -0.485 e. The summed E-state index contributed by atoms with van der Waals surface area (Å²) in [6, 6.07) is 6.85. The van der Waals surface area contributed by atoms with Gasteiger partial charge >= 0.3 is 17.9 Å². The molecule has 1 aromatic carbocycles. The number of rotatable bonds is 6. The van der Waals surface area contributed by atoms with E-state index in [1.807, 2.05) is 0 Å². The number of para-hydroxylation sites is 2. The molecule has 1 aromatic heterocycles. The zero-order valence-electron chi connectivity index (χ0n) is 16.9. The fourth-order valence-electron chi connectivity index (χ4n) is 2.76. The van der Waals surface area contributed by atoms with Crippen molar-refractivity contribution in [1.29, 1.82) is 0 Å². The number of carbonyl (C=O) groups is 4. The molecule has 0 fully saturated rings. The third-order valence-electron chi connectivity index (χ3n) is 4.28. The van der Waals surface area contributed by atoms with Crippen molar-refractivity contribution in [3.63, 3.8) is 0 Å². The highest BCUT2D eigenvalue weighted by Gasteiger charge is 2.30. The number of esters is 3. The first kappa shape index (κ1) is 22.1. The summed E-state index contributed by atoms with van der Waals surface area (Å²) in [5, 5.41) is 2.54. The van der Waals surface area contributed by atoms with Gasteiger partial charge in [-0.3, -0.25) is 4.79 Å². The number of amides is 1. The molecule has 10 nitrogen and oxygen atoms in total. The zero-order valence-corrected chi connectivity index (χ0v) is 17.7. The molecule has 0 spiro atoms. The molecule has 31 heavy (non-hydrogen) atoms. The Morgan fingerprint density at radius 2 is 1.77 bits per heavy atom. The fourth-order valence-corrected chi connectivity index (χ4v) is 3.89. The molecule has 0 radical (unpaired) electrons. The Hall–Kier alpha value is -3.60. The Morgan fingerprint density at radius 3 is 2.45 bits per heavy atom.